The lowest BCUT2D eigenvalue weighted by Gasteiger charge is -2.45. The van der Waals surface area contributed by atoms with Crippen molar-refractivity contribution in [3.63, 3.8) is 0 Å². The SMILES string of the molecule is CC(C)(C)OC(=O)N1CC2C[C@H](CN(Cc3ccccc3)C2)C1. The molecule has 1 amide bonds. The number of piperidine rings is 2. The van der Waals surface area contributed by atoms with Gasteiger partial charge in [-0.15, -0.1) is 0 Å². The number of ether oxygens (including phenoxy) is 1. The van der Waals surface area contributed by atoms with Gasteiger partial charge in [0.05, 0.1) is 0 Å². The molecule has 2 saturated heterocycles. The van der Waals surface area contributed by atoms with Crippen molar-refractivity contribution in [2.45, 2.75) is 39.3 Å². The van der Waals surface area contributed by atoms with Crippen molar-refractivity contribution in [1.29, 1.82) is 0 Å². The number of nitrogens with zero attached hydrogens (tertiary/aromatic N) is 2. The molecule has 0 radical (unpaired) electrons. The minimum atomic E-state index is -0.414. The van der Waals surface area contributed by atoms with Gasteiger partial charge in [-0.3, -0.25) is 4.90 Å². The van der Waals surface area contributed by atoms with E-state index in [2.05, 4.69) is 35.2 Å². The van der Waals surface area contributed by atoms with Gasteiger partial charge in [-0.25, -0.2) is 4.79 Å². The van der Waals surface area contributed by atoms with Gasteiger partial charge < -0.3 is 9.64 Å². The van der Waals surface area contributed by atoms with E-state index in [4.69, 9.17) is 4.74 Å². The monoisotopic (exact) mass is 316 g/mol. The Kier molecular flexibility index (Phi) is 4.62. The van der Waals surface area contributed by atoms with Crippen LogP contribution in [0, 0.1) is 11.8 Å². The highest BCUT2D eigenvalue weighted by atomic mass is 16.6. The van der Waals surface area contributed by atoms with Crippen LogP contribution in [-0.2, 0) is 11.3 Å². The van der Waals surface area contributed by atoms with Crippen LogP contribution in [0.5, 0.6) is 0 Å². The van der Waals surface area contributed by atoms with Crippen LogP contribution in [0.3, 0.4) is 0 Å². The van der Waals surface area contributed by atoms with Gasteiger partial charge in [0.25, 0.3) is 0 Å². The summed E-state index contributed by atoms with van der Waals surface area (Å²) in [7, 11) is 0. The Balaban J connectivity index is 1.57. The van der Waals surface area contributed by atoms with Crippen LogP contribution >= 0.6 is 0 Å². The Morgan fingerprint density at radius 3 is 2.26 bits per heavy atom. The molecule has 1 aromatic rings. The van der Waals surface area contributed by atoms with Crippen LogP contribution < -0.4 is 0 Å². The third-order valence-electron chi connectivity index (χ3n) is 4.56. The summed E-state index contributed by atoms with van der Waals surface area (Å²) in [6, 6.07) is 10.6. The zero-order valence-corrected chi connectivity index (χ0v) is 14.5. The number of carbonyl (C=O) groups excluding carboxylic acids is 1. The quantitative estimate of drug-likeness (QED) is 0.838. The molecule has 2 atom stereocenters. The first-order valence-corrected chi connectivity index (χ1v) is 8.63. The van der Waals surface area contributed by atoms with E-state index in [0.717, 1.165) is 32.7 Å². The second-order valence-electron chi connectivity index (χ2n) is 8.03. The fraction of sp³-hybridized carbons (Fsp3) is 0.632. The molecule has 23 heavy (non-hydrogen) atoms. The van der Waals surface area contributed by atoms with Crippen molar-refractivity contribution in [2.75, 3.05) is 26.2 Å². The van der Waals surface area contributed by atoms with Crippen LogP contribution in [0.25, 0.3) is 0 Å². The lowest BCUT2D eigenvalue weighted by Crippen LogP contribution is -2.54. The van der Waals surface area contributed by atoms with E-state index in [1.165, 1.54) is 12.0 Å². The number of likely N-dealkylation sites (tertiary alicyclic amines) is 2. The maximum atomic E-state index is 12.3. The molecule has 1 unspecified atom stereocenters. The zero-order chi connectivity index (χ0) is 16.4. The molecule has 2 aliphatic heterocycles. The topological polar surface area (TPSA) is 32.8 Å². The molecule has 4 heteroatoms. The Morgan fingerprint density at radius 2 is 1.70 bits per heavy atom. The van der Waals surface area contributed by atoms with Crippen LogP contribution in [0.15, 0.2) is 30.3 Å². The van der Waals surface area contributed by atoms with Crippen molar-refractivity contribution in [3.05, 3.63) is 35.9 Å². The van der Waals surface area contributed by atoms with Gasteiger partial charge in [0.1, 0.15) is 5.60 Å². The van der Waals surface area contributed by atoms with Gasteiger partial charge in [-0.05, 0) is 44.6 Å². The molecule has 2 fully saturated rings. The number of amides is 1. The molecule has 1 aromatic carbocycles. The van der Waals surface area contributed by atoms with Gasteiger partial charge in [0.15, 0.2) is 0 Å². The first kappa shape index (κ1) is 16.3. The lowest BCUT2D eigenvalue weighted by molar-refractivity contribution is -0.0108. The molecule has 0 N–H and O–H groups in total. The second-order valence-corrected chi connectivity index (χ2v) is 8.03. The van der Waals surface area contributed by atoms with E-state index in [-0.39, 0.29) is 6.09 Å². The van der Waals surface area contributed by atoms with E-state index in [0.29, 0.717) is 11.8 Å². The molecular formula is C19H28N2O2. The minimum Gasteiger partial charge on any atom is -0.444 e. The van der Waals surface area contributed by atoms with E-state index >= 15 is 0 Å². The number of rotatable bonds is 2. The number of hydrogen-bond acceptors (Lipinski definition) is 3. The van der Waals surface area contributed by atoms with Crippen molar-refractivity contribution in [3.8, 4) is 0 Å². The van der Waals surface area contributed by atoms with Gasteiger partial charge in [0, 0.05) is 32.7 Å². The third-order valence-corrected chi connectivity index (χ3v) is 4.56. The summed E-state index contributed by atoms with van der Waals surface area (Å²) in [6.45, 7) is 10.6. The predicted molar refractivity (Wildman–Crippen MR) is 91.1 cm³/mol. The van der Waals surface area contributed by atoms with Gasteiger partial charge in [0.2, 0.25) is 0 Å². The largest absolute Gasteiger partial charge is 0.444 e. The predicted octanol–water partition coefficient (Wildman–Crippen LogP) is 3.38. The fourth-order valence-corrected chi connectivity index (χ4v) is 3.83. The smallest absolute Gasteiger partial charge is 0.410 e. The van der Waals surface area contributed by atoms with Gasteiger partial charge >= 0.3 is 6.09 Å². The van der Waals surface area contributed by atoms with Crippen LogP contribution in [0.2, 0.25) is 0 Å². The average molecular weight is 316 g/mol. The molecule has 3 rings (SSSR count). The van der Waals surface area contributed by atoms with E-state index in [1.54, 1.807) is 0 Å². The normalized spacial score (nSPS) is 25.3. The molecule has 0 aliphatic carbocycles. The highest BCUT2D eigenvalue weighted by Gasteiger charge is 2.37. The lowest BCUT2D eigenvalue weighted by atomic mass is 9.84. The molecular weight excluding hydrogens is 288 g/mol. The molecule has 4 nitrogen and oxygen atoms in total. The molecule has 2 heterocycles. The summed E-state index contributed by atoms with van der Waals surface area (Å²) in [4.78, 5) is 16.8. The van der Waals surface area contributed by atoms with Gasteiger partial charge in [-0.1, -0.05) is 30.3 Å². The molecule has 126 valence electrons. The highest BCUT2D eigenvalue weighted by molar-refractivity contribution is 5.68. The fourth-order valence-electron chi connectivity index (χ4n) is 3.83. The Labute approximate surface area is 139 Å². The summed E-state index contributed by atoms with van der Waals surface area (Å²) in [5.41, 5.74) is 0.958. The maximum Gasteiger partial charge on any atom is 0.410 e. The second kappa shape index (κ2) is 6.52. The number of fused-ring (bicyclic) bond motifs is 2. The number of hydrogen-bond donors (Lipinski definition) is 0. The van der Waals surface area contributed by atoms with E-state index < -0.39 is 5.60 Å². The summed E-state index contributed by atoms with van der Waals surface area (Å²) >= 11 is 0. The molecule has 0 aromatic heterocycles. The van der Waals surface area contributed by atoms with Crippen LogP contribution in [0.1, 0.15) is 32.8 Å². The summed E-state index contributed by atoms with van der Waals surface area (Å²) in [6.07, 6.45) is 1.09. The van der Waals surface area contributed by atoms with E-state index in [9.17, 15) is 4.79 Å². The first-order chi connectivity index (χ1) is 10.9. The zero-order valence-electron chi connectivity index (χ0n) is 14.5. The summed E-state index contributed by atoms with van der Waals surface area (Å²) in [5.74, 6) is 1.14. The first-order valence-electron chi connectivity index (χ1n) is 8.63. The number of carbonyl (C=O) groups is 1. The van der Waals surface area contributed by atoms with Crippen molar-refractivity contribution in [2.24, 2.45) is 11.8 Å². The standard InChI is InChI=1S/C19H28N2O2/c1-19(2,3)23-18(22)21-13-16-9-17(14-21)12-20(11-16)10-15-7-5-4-6-8-15/h4-8,16-17H,9-14H2,1-3H3/t16-,17?/m1/s1. The Hall–Kier alpha value is -1.55. The summed E-state index contributed by atoms with van der Waals surface area (Å²) < 4.78 is 5.54. The average Bonchev–Trinajstić information content (AvgIpc) is 2.45. The van der Waals surface area contributed by atoms with Crippen molar-refractivity contribution < 1.29 is 9.53 Å². The van der Waals surface area contributed by atoms with E-state index in [1.807, 2.05) is 25.7 Å². The third kappa shape index (κ3) is 4.47. The molecule has 0 saturated carbocycles. The molecule has 2 bridgehead atoms. The van der Waals surface area contributed by atoms with Gasteiger partial charge in [-0.2, -0.15) is 0 Å². The van der Waals surface area contributed by atoms with Crippen molar-refractivity contribution >= 4 is 6.09 Å². The maximum absolute atomic E-state index is 12.3. The highest BCUT2D eigenvalue weighted by Crippen LogP contribution is 2.30. The van der Waals surface area contributed by atoms with Crippen LogP contribution in [0.4, 0.5) is 4.79 Å². The molecule has 2 aliphatic rings. The molecule has 0 spiro atoms. The minimum absolute atomic E-state index is 0.149. The van der Waals surface area contributed by atoms with Crippen LogP contribution in [-0.4, -0.2) is 47.7 Å². The summed E-state index contributed by atoms with van der Waals surface area (Å²) in [5, 5.41) is 0. The Bertz CT molecular complexity index is 524. The van der Waals surface area contributed by atoms with Crippen molar-refractivity contribution in [1.82, 2.24) is 9.80 Å². The number of benzene rings is 1. The Morgan fingerprint density at radius 1 is 1.09 bits per heavy atom.